The fourth-order valence-corrected chi connectivity index (χ4v) is 1.98. The molecule has 3 rings (SSSR count). The number of hydrogen-bond donors (Lipinski definition) is 1. The van der Waals surface area contributed by atoms with Crippen LogP contribution in [0.4, 0.5) is 5.69 Å². The Kier molecular flexibility index (Phi) is 2.08. The molecule has 0 radical (unpaired) electrons. The standard InChI is InChI=1S/C13H12N4/c1-17-12-8-15-7-6-11(12)16-13(17)9-4-2-3-5-10(9)14/h2-8H,14H2,1H3. The summed E-state index contributed by atoms with van der Waals surface area (Å²) < 4.78 is 2.01. The minimum absolute atomic E-state index is 0.735. The Balaban J connectivity index is 2.32. The second kappa shape index (κ2) is 3.59. The summed E-state index contributed by atoms with van der Waals surface area (Å²) >= 11 is 0. The number of hydrogen-bond acceptors (Lipinski definition) is 3. The van der Waals surface area contributed by atoms with Crippen molar-refractivity contribution in [2.75, 3.05) is 5.73 Å². The molecule has 4 nitrogen and oxygen atoms in total. The van der Waals surface area contributed by atoms with E-state index in [1.165, 1.54) is 0 Å². The van der Waals surface area contributed by atoms with Crippen molar-refractivity contribution in [3.8, 4) is 11.4 Å². The minimum Gasteiger partial charge on any atom is -0.398 e. The van der Waals surface area contributed by atoms with Gasteiger partial charge in [-0.05, 0) is 18.2 Å². The molecule has 2 N–H and O–H groups in total. The van der Waals surface area contributed by atoms with Gasteiger partial charge < -0.3 is 10.3 Å². The molecule has 4 heteroatoms. The Morgan fingerprint density at radius 3 is 2.76 bits per heavy atom. The third-order valence-corrected chi connectivity index (χ3v) is 2.88. The molecule has 0 saturated heterocycles. The van der Waals surface area contributed by atoms with E-state index in [0.29, 0.717) is 0 Å². The van der Waals surface area contributed by atoms with Crippen LogP contribution in [0.25, 0.3) is 22.4 Å². The molecule has 0 aliphatic rings. The Bertz CT molecular complexity index is 685. The highest BCUT2D eigenvalue weighted by atomic mass is 15.1. The molecule has 0 bridgehead atoms. The molecule has 84 valence electrons. The highest BCUT2D eigenvalue weighted by molar-refractivity contribution is 5.82. The smallest absolute Gasteiger partial charge is 0.142 e. The fraction of sp³-hybridized carbons (Fsp3) is 0.0769. The van der Waals surface area contributed by atoms with Crippen molar-refractivity contribution in [3.05, 3.63) is 42.7 Å². The first kappa shape index (κ1) is 9.84. The highest BCUT2D eigenvalue weighted by Crippen LogP contribution is 2.27. The Morgan fingerprint density at radius 2 is 2.00 bits per heavy atom. The zero-order valence-corrected chi connectivity index (χ0v) is 9.46. The summed E-state index contributed by atoms with van der Waals surface area (Å²) in [5, 5.41) is 0. The first-order valence-corrected chi connectivity index (χ1v) is 5.38. The lowest BCUT2D eigenvalue weighted by atomic mass is 10.2. The molecule has 0 spiro atoms. The maximum atomic E-state index is 5.97. The molecule has 0 fully saturated rings. The average molecular weight is 224 g/mol. The molecule has 0 saturated carbocycles. The van der Waals surface area contributed by atoms with E-state index >= 15 is 0 Å². The second-order valence-electron chi connectivity index (χ2n) is 3.95. The van der Waals surface area contributed by atoms with Gasteiger partial charge in [0, 0.05) is 24.5 Å². The van der Waals surface area contributed by atoms with Gasteiger partial charge in [-0.1, -0.05) is 12.1 Å². The molecule has 3 aromatic rings. The maximum Gasteiger partial charge on any atom is 0.142 e. The number of nitrogens with two attached hydrogens (primary N) is 1. The predicted molar refractivity (Wildman–Crippen MR) is 68.4 cm³/mol. The Hall–Kier alpha value is -2.36. The van der Waals surface area contributed by atoms with Crippen LogP contribution in [-0.2, 0) is 7.05 Å². The van der Waals surface area contributed by atoms with Gasteiger partial charge in [0.25, 0.3) is 0 Å². The summed E-state index contributed by atoms with van der Waals surface area (Å²) in [5.41, 5.74) is 9.60. The summed E-state index contributed by atoms with van der Waals surface area (Å²) in [6, 6.07) is 9.64. The molecule has 2 heterocycles. The van der Waals surface area contributed by atoms with Crippen molar-refractivity contribution in [1.29, 1.82) is 0 Å². The summed E-state index contributed by atoms with van der Waals surface area (Å²) in [6.07, 6.45) is 3.55. The number of aryl methyl sites for hydroxylation is 1. The topological polar surface area (TPSA) is 56.7 Å². The Labute approximate surface area is 98.7 Å². The Morgan fingerprint density at radius 1 is 1.18 bits per heavy atom. The lowest BCUT2D eigenvalue weighted by molar-refractivity contribution is 0.957. The number of imidazole rings is 1. The van der Waals surface area contributed by atoms with Crippen molar-refractivity contribution in [1.82, 2.24) is 14.5 Å². The van der Waals surface area contributed by atoms with Crippen LogP contribution in [0.15, 0.2) is 42.7 Å². The maximum absolute atomic E-state index is 5.97. The molecular formula is C13H12N4. The number of rotatable bonds is 1. The van der Waals surface area contributed by atoms with Crippen LogP contribution in [0.3, 0.4) is 0 Å². The van der Waals surface area contributed by atoms with Gasteiger partial charge >= 0.3 is 0 Å². The molecule has 0 amide bonds. The molecule has 2 aromatic heterocycles. The summed E-state index contributed by atoms with van der Waals surface area (Å²) in [4.78, 5) is 8.70. The van der Waals surface area contributed by atoms with E-state index < -0.39 is 0 Å². The van der Waals surface area contributed by atoms with Crippen LogP contribution in [0.2, 0.25) is 0 Å². The van der Waals surface area contributed by atoms with Crippen LogP contribution in [-0.4, -0.2) is 14.5 Å². The van der Waals surface area contributed by atoms with Crippen molar-refractivity contribution in [3.63, 3.8) is 0 Å². The third kappa shape index (κ3) is 1.45. The van der Waals surface area contributed by atoms with Gasteiger partial charge in [-0.15, -0.1) is 0 Å². The zero-order chi connectivity index (χ0) is 11.8. The van der Waals surface area contributed by atoms with Gasteiger partial charge in [-0.25, -0.2) is 4.98 Å². The molecule has 0 atom stereocenters. The number of benzene rings is 1. The van der Waals surface area contributed by atoms with Crippen molar-refractivity contribution >= 4 is 16.7 Å². The number of nitrogens with zero attached hydrogens (tertiary/aromatic N) is 3. The van der Waals surface area contributed by atoms with E-state index in [2.05, 4.69) is 9.97 Å². The molecule has 0 aliphatic heterocycles. The largest absolute Gasteiger partial charge is 0.398 e. The van der Waals surface area contributed by atoms with E-state index in [9.17, 15) is 0 Å². The van der Waals surface area contributed by atoms with Gasteiger partial charge in [-0.3, -0.25) is 4.98 Å². The average Bonchev–Trinajstić information content (AvgIpc) is 2.68. The summed E-state index contributed by atoms with van der Waals surface area (Å²) in [7, 11) is 1.97. The minimum atomic E-state index is 0.735. The quantitative estimate of drug-likeness (QED) is 0.645. The van der Waals surface area contributed by atoms with Crippen LogP contribution in [0.1, 0.15) is 0 Å². The number of anilines is 1. The van der Waals surface area contributed by atoms with Crippen LogP contribution < -0.4 is 5.73 Å². The van der Waals surface area contributed by atoms with E-state index in [1.807, 2.05) is 48.1 Å². The number of nitrogen functional groups attached to an aromatic ring is 1. The monoisotopic (exact) mass is 224 g/mol. The van der Waals surface area contributed by atoms with Gasteiger partial charge in [0.15, 0.2) is 0 Å². The van der Waals surface area contributed by atoms with Gasteiger partial charge in [0.05, 0.1) is 17.2 Å². The van der Waals surface area contributed by atoms with E-state index in [4.69, 9.17) is 5.73 Å². The predicted octanol–water partition coefficient (Wildman–Crippen LogP) is 2.22. The lowest BCUT2D eigenvalue weighted by Gasteiger charge is -2.04. The molecule has 1 aromatic carbocycles. The SMILES string of the molecule is Cn1c(-c2ccccc2N)nc2ccncc21. The summed E-state index contributed by atoms with van der Waals surface area (Å²) in [6.45, 7) is 0. The number of pyridine rings is 1. The van der Waals surface area contributed by atoms with E-state index in [1.54, 1.807) is 6.20 Å². The van der Waals surface area contributed by atoms with Crippen LogP contribution >= 0.6 is 0 Å². The number of aromatic nitrogens is 3. The summed E-state index contributed by atoms with van der Waals surface area (Å²) in [5.74, 6) is 0.867. The molecule has 0 unspecified atom stereocenters. The van der Waals surface area contributed by atoms with E-state index in [0.717, 1.165) is 28.1 Å². The number of fused-ring (bicyclic) bond motifs is 1. The normalized spacial score (nSPS) is 10.9. The van der Waals surface area contributed by atoms with Gasteiger partial charge in [0.1, 0.15) is 5.82 Å². The van der Waals surface area contributed by atoms with Crippen LogP contribution in [0, 0.1) is 0 Å². The van der Waals surface area contributed by atoms with Crippen molar-refractivity contribution in [2.24, 2.45) is 7.05 Å². The van der Waals surface area contributed by atoms with Crippen LogP contribution in [0.5, 0.6) is 0 Å². The van der Waals surface area contributed by atoms with Crippen molar-refractivity contribution in [2.45, 2.75) is 0 Å². The first-order chi connectivity index (χ1) is 8.27. The molecular weight excluding hydrogens is 212 g/mol. The fourth-order valence-electron chi connectivity index (χ4n) is 1.98. The van der Waals surface area contributed by atoms with Gasteiger partial charge in [-0.2, -0.15) is 0 Å². The third-order valence-electron chi connectivity index (χ3n) is 2.88. The lowest BCUT2D eigenvalue weighted by Crippen LogP contribution is -1.96. The second-order valence-corrected chi connectivity index (χ2v) is 3.95. The molecule has 17 heavy (non-hydrogen) atoms. The van der Waals surface area contributed by atoms with E-state index in [-0.39, 0.29) is 0 Å². The number of para-hydroxylation sites is 1. The van der Waals surface area contributed by atoms with Gasteiger partial charge in [0.2, 0.25) is 0 Å². The molecule has 0 aliphatic carbocycles. The zero-order valence-electron chi connectivity index (χ0n) is 9.46. The van der Waals surface area contributed by atoms with Crippen molar-refractivity contribution < 1.29 is 0 Å². The first-order valence-electron chi connectivity index (χ1n) is 5.38. The highest BCUT2D eigenvalue weighted by Gasteiger charge is 2.11.